The third kappa shape index (κ3) is 4.41. The van der Waals surface area contributed by atoms with E-state index >= 15 is 0 Å². The molecule has 2 saturated heterocycles. The molecule has 0 aromatic heterocycles. The number of benzene rings is 2. The molecule has 2 aromatic carbocycles. The molecule has 3 aliphatic heterocycles. The maximum absolute atomic E-state index is 14.0. The summed E-state index contributed by atoms with van der Waals surface area (Å²) in [5.74, 6) is -2.17. The predicted molar refractivity (Wildman–Crippen MR) is 144 cm³/mol. The molecule has 2 N–H and O–H groups in total. The fraction of sp³-hybridized carbons (Fsp3) is 0.433. The van der Waals surface area contributed by atoms with E-state index in [4.69, 9.17) is 16.3 Å². The molecule has 3 amide bonds. The Morgan fingerprint density at radius 2 is 1.74 bits per heavy atom. The molecule has 2 aromatic rings. The Hall–Kier alpha value is -3.16. The zero-order chi connectivity index (χ0) is 26.3. The molecule has 6 rings (SSSR count). The first-order valence-corrected chi connectivity index (χ1v) is 13.9. The van der Waals surface area contributed by atoms with E-state index in [1.54, 1.807) is 29.2 Å². The number of carbonyl (C=O) groups excluding carboxylic acids is 3. The summed E-state index contributed by atoms with van der Waals surface area (Å²) in [6.45, 7) is 0.372. The fourth-order valence-corrected chi connectivity index (χ4v) is 6.81. The number of hydrogen-bond donors (Lipinski definition) is 2. The first-order chi connectivity index (χ1) is 18.5. The van der Waals surface area contributed by atoms with Gasteiger partial charge in [0.1, 0.15) is 11.6 Å². The highest BCUT2D eigenvalue weighted by Gasteiger charge is 2.72. The van der Waals surface area contributed by atoms with Crippen molar-refractivity contribution in [2.75, 3.05) is 11.9 Å². The third-order valence-corrected chi connectivity index (χ3v) is 8.72. The highest BCUT2D eigenvalue weighted by Crippen LogP contribution is 2.55. The van der Waals surface area contributed by atoms with Gasteiger partial charge in [0.2, 0.25) is 17.7 Å². The van der Waals surface area contributed by atoms with Crippen LogP contribution in [0.4, 0.5) is 5.69 Å². The largest absolute Gasteiger partial charge is 0.359 e. The van der Waals surface area contributed by atoms with Crippen LogP contribution in [0.3, 0.4) is 0 Å². The Balaban J connectivity index is 1.29. The smallest absolute Gasteiger partial charge is 0.246 e. The lowest BCUT2D eigenvalue weighted by atomic mass is 9.74. The molecule has 4 aliphatic rings. The molecule has 7 nitrogen and oxygen atoms in total. The molecular weight excluding hydrogens is 502 g/mol. The molecule has 3 fully saturated rings. The molecule has 38 heavy (non-hydrogen) atoms. The van der Waals surface area contributed by atoms with Gasteiger partial charge in [-0.3, -0.25) is 14.4 Å². The van der Waals surface area contributed by atoms with E-state index in [2.05, 4.69) is 10.6 Å². The Morgan fingerprint density at radius 3 is 2.47 bits per heavy atom. The number of amides is 3. The minimum atomic E-state index is -1.15. The van der Waals surface area contributed by atoms with Crippen molar-refractivity contribution in [1.29, 1.82) is 0 Å². The van der Waals surface area contributed by atoms with Crippen LogP contribution in [0.25, 0.3) is 0 Å². The van der Waals surface area contributed by atoms with Gasteiger partial charge in [-0.1, -0.05) is 73.3 Å². The van der Waals surface area contributed by atoms with Crippen LogP contribution < -0.4 is 10.6 Å². The number of nitrogens with zero attached hydrogens (tertiary/aromatic N) is 1. The van der Waals surface area contributed by atoms with Gasteiger partial charge < -0.3 is 20.3 Å². The molecule has 1 spiro atoms. The summed E-state index contributed by atoms with van der Waals surface area (Å²) in [5.41, 5.74) is 0.524. The van der Waals surface area contributed by atoms with Crippen molar-refractivity contribution in [2.45, 2.75) is 62.3 Å². The number of fused-ring (bicyclic) bond motifs is 1. The lowest BCUT2D eigenvalue weighted by Gasteiger charge is -2.34. The van der Waals surface area contributed by atoms with Gasteiger partial charge in [-0.05, 0) is 49.1 Å². The van der Waals surface area contributed by atoms with Crippen LogP contribution in [0.1, 0.15) is 37.7 Å². The SMILES string of the molecule is O=C(Nc1ccc(Cl)cc1)[C@@H]1[C@@H]2C=C[C@]3(O2)[C@@H]1C(=O)N(CCc1ccccc1)[C@H]3C(=O)NC1CCCCC1. The van der Waals surface area contributed by atoms with Gasteiger partial charge in [0, 0.05) is 23.3 Å². The lowest BCUT2D eigenvalue weighted by Crippen LogP contribution is -2.56. The highest BCUT2D eigenvalue weighted by molar-refractivity contribution is 6.30. The van der Waals surface area contributed by atoms with E-state index < -0.39 is 29.6 Å². The number of nitrogens with one attached hydrogen (secondary N) is 2. The molecule has 5 atom stereocenters. The van der Waals surface area contributed by atoms with Crippen molar-refractivity contribution in [3.8, 4) is 0 Å². The fourth-order valence-electron chi connectivity index (χ4n) is 6.69. The average molecular weight is 534 g/mol. The van der Waals surface area contributed by atoms with E-state index in [0.29, 0.717) is 23.7 Å². The maximum Gasteiger partial charge on any atom is 0.246 e. The van der Waals surface area contributed by atoms with E-state index in [0.717, 1.165) is 31.2 Å². The molecule has 0 unspecified atom stereocenters. The number of hydrogen-bond acceptors (Lipinski definition) is 4. The number of ether oxygens (including phenoxy) is 1. The second-order valence-electron chi connectivity index (χ2n) is 10.8. The van der Waals surface area contributed by atoms with Crippen LogP contribution in [-0.4, -0.2) is 53.0 Å². The first kappa shape index (κ1) is 25.1. The first-order valence-electron chi connectivity index (χ1n) is 13.5. The van der Waals surface area contributed by atoms with Crippen molar-refractivity contribution in [3.05, 3.63) is 77.3 Å². The van der Waals surface area contributed by atoms with Crippen LogP contribution in [-0.2, 0) is 25.5 Å². The van der Waals surface area contributed by atoms with Crippen molar-refractivity contribution in [1.82, 2.24) is 10.2 Å². The standard InChI is InChI=1S/C30H32ClN3O4/c31-20-11-13-22(14-12-20)32-27(35)24-23-15-17-30(38-23)25(24)29(37)34(18-16-19-7-3-1-4-8-19)26(30)28(36)33-21-9-5-2-6-10-21/h1,3-4,7-8,11-15,17,21,23-26H,2,5-6,9-10,16,18H2,(H,32,35)(H,33,36)/t23-,24+,25-,26-,30-/m0/s1. The van der Waals surface area contributed by atoms with Crippen molar-refractivity contribution >= 4 is 35.0 Å². The summed E-state index contributed by atoms with van der Waals surface area (Å²) in [6.07, 6.45) is 9.00. The summed E-state index contributed by atoms with van der Waals surface area (Å²) in [4.78, 5) is 43.1. The van der Waals surface area contributed by atoms with Gasteiger partial charge in [-0.2, -0.15) is 0 Å². The number of carbonyl (C=O) groups is 3. The quantitative estimate of drug-likeness (QED) is 0.524. The Kier molecular flexibility index (Phi) is 6.74. The van der Waals surface area contributed by atoms with Crippen molar-refractivity contribution < 1.29 is 19.1 Å². The zero-order valence-corrected chi connectivity index (χ0v) is 21.9. The molecule has 8 heteroatoms. The Bertz CT molecular complexity index is 1240. The van der Waals surface area contributed by atoms with Gasteiger partial charge >= 0.3 is 0 Å². The number of halogens is 1. The number of anilines is 1. The minimum Gasteiger partial charge on any atom is -0.359 e. The topological polar surface area (TPSA) is 87.7 Å². The molecule has 198 valence electrons. The molecule has 1 aliphatic carbocycles. The summed E-state index contributed by atoms with van der Waals surface area (Å²) >= 11 is 5.99. The molecule has 0 radical (unpaired) electrons. The molecular formula is C30H32ClN3O4. The molecule has 3 heterocycles. The third-order valence-electron chi connectivity index (χ3n) is 8.47. The summed E-state index contributed by atoms with van der Waals surface area (Å²) < 4.78 is 6.43. The molecule has 2 bridgehead atoms. The lowest BCUT2D eigenvalue weighted by molar-refractivity contribution is -0.141. The van der Waals surface area contributed by atoms with E-state index in [9.17, 15) is 14.4 Å². The van der Waals surface area contributed by atoms with Crippen molar-refractivity contribution in [3.63, 3.8) is 0 Å². The molecule has 1 saturated carbocycles. The van der Waals surface area contributed by atoms with Crippen LogP contribution in [0.2, 0.25) is 5.02 Å². The average Bonchev–Trinajstić information content (AvgIpc) is 3.57. The van der Waals surface area contributed by atoms with Gasteiger partial charge in [-0.15, -0.1) is 0 Å². The Labute approximate surface area is 227 Å². The van der Waals surface area contributed by atoms with E-state index in [1.165, 1.54) is 6.42 Å². The van der Waals surface area contributed by atoms with Gasteiger partial charge in [-0.25, -0.2) is 0 Å². The second-order valence-corrected chi connectivity index (χ2v) is 11.2. The van der Waals surface area contributed by atoms with Crippen LogP contribution >= 0.6 is 11.6 Å². The summed E-state index contributed by atoms with van der Waals surface area (Å²) in [7, 11) is 0. The number of likely N-dealkylation sites (tertiary alicyclic amines) is 1. The van der Waals surface area contributed by atoms with Crippen LogP contribution in [0, 0.1) is 11.8 Å². The van der Waals surface area contributed by atoms with Crippen LogP contribution in [0.5, 0.6) is 0 Å². The van der Waals surface area contributed by atoms with Crippen molar-refractivity contribution in [2.24, 2.45) is 11.8 Å². The Morgan fingerprint density at radius 1 is 1.00 bits per heavy atom. The van der Waals surface area contributed by atoms with E-state index in [-0.39, 0.29) is 23.8 Å². The maximum atomic E-state index is 14.0. The van der Waals surface area contributed by atoms with Gasteiger partial charge in [0.05, 0.1) is 17.9 Å². The summed E-state index contributed by atoms with van der Waals surface area (Å²) in [6, 6.07) is 16.0. The van der Waals surface area contributed by atoms with E-state index in [1.807, 2.05) is 42.5 Å². The number of rotatable bonds is 7. The zero-order valence-electron chi connectivity index (χ0n) is 21.1. The monoisotopic (exact) mass is 533 g/mol. The predicted octanol–water partition coefficient (Wildman–Crippen LogP) is 4.12. The van der Waals surface area contributed by atoms with Gasteiger partial charge in [0.15, 0.2) is 0 Å². The van der Waals surface area contributed by atoms with Crippen LogP contribution in [0.15, 0.2) is 66.7 Å². The summed E-state index contributed by atoms with van der Waals surface area (Å²) in [5, 5.41) is 6.72. The minimum absolute atomic E-state index is 0.101. The highest BCUT2D eigenvalue weighted by atomic mass is 35.5. The normalized spacial score (nSPS) is 29.9. The van der Waals surface area contributed by atoms with Gasteiger partial charge in [0.25, 0.3) is 0 Å². The second kappa shape index (κ2) is 10.2.